The molecule has 0 saturated heterocycles. The maximum atomic E-state index is 11.7. The molecule has 0 atom stereocenters. The third-order valence-corrected chi connectivity index (χ3v) is 1.60. The van der Waals surface area contributed by atoms with E-state index in [1.807, 2.05) is 0 Å². The van der Waals surface area contributed by atoms with E-state index in [4.69, 9.17) is 9.57 Å². The zero-order valence-electron chi connectivity index (χ0n) is 9.93. The van der Waals surface area contributed by atoms with Crippen LogP contribution < -0.4 is 5.06 Å². The van der Waals surface area contributed by atoms with E-state index in [9.17, 15) is 4.79 Å². The number of hydroxylamine groups is 1. The Morgan fingerprint density at radius 1 is 1.38 bits per heavy atom. The molecule has 1 rings (SSSR count). The van der Waals surface area contributed by atoms with Crippen molar-refractivity contribution < 1.29 is 14.4 Å². The maximum Gasteiger partial charge on any atom is 0.440 e. The van der Waals surface area contributed by atoms with E-state index in [0.717, 1.165) is 5.06 Å². The highest BCUT2D eigenvalue weighted by Crippen LogP contribution is 2.15. The van der Waals surface area contributed by atoms with Gasteiger partial charge in [0.15, 0.2) is 5.82 Å². The lowest BCUT2D eigenvalue weighted by atomic mass is 10.2. The summed E-state index contributed by atoms with van der Waals surface area (Å²) in [4.78, 5) is 20.7. The molecule has 0 bridgehead atoms. The average Bonchev–Trinajstić information content (AvgIpc) is 2.17. The molecule has 0 spiro atoms. The van der Waals surface area contributed by atoms with Gasteiger partial charge in [-0.3, -0.25) is 4.84 Å². The summed E-state index contributed by atoms with van der Waals surface area (Å²) in [6, 6.07) is 5.18. The van der Waals surface area contributed by atoms with Crippen molar-refractivity contribution in [1.82, 2.24) is 4.98 Å². The van der Waals surface area contributed by atoms with Gasteiger partial charge >= 0.3 is 6.09 Å². The van der Waals surface area contributed by atoms with Crippen LogP contribution in [0.1, 0.15) is 20.8 Å². The van der Waals surface area contributed by atoms with Gasteiger partial charge in [-0.15, -0.1) is 5.06 Å². The fourth-order valence-electron chi connectivity index (χ4n) is 1.04. The second-order valence-electron chi connectivity index (χ2n) is 4.15. The molecule has 88 valence electrons. The van der Waals surface area contributed by atoms with Crippen LogP contribution in [-0.4, -0.2) is 23.8 Å². The minimum atomic E-state index is -0.589. The average molecular weight is 224 g/mol. The lowest BCUT2D eigenvalue weighted by Crippen LogP contribution is -2.36. The first-order valence-electron chi connectivity index (χ1n) is 4.92. The van der Waals surface area contributed by atoms with Gasteiger partial charge in [-0.2, -0.15) is 0 Å². The number of rotatable bonds is 2. The highest BCUT2D eigenvalue weighted by atomic mass is 16.7. The van der Waals surface area contributed by atoms with Crippen LogP contribution in [0.25, 0.3) is 0 Å². The molecule has 0 aromatic carbocycles. The van der Waals surface area contributed by atoms with Crippen molar-refractivity contribution in [2.45, 2.75) is 26.4 Å². The number of aromatic nitrogens is 1. The van der Waals surface area contributed by atoms with E-state index in [1.54, 1.807) is 45.2 Å². The molecule has 1 heterocycles. The summed E-state index contributed by atoms with van der Waals surface area (Å²) >= 11 is 0. The molecule has 16 heavy (non-hydrogen) atoms. The summed E-state index contributed by atoms with van der Waals surface area (Å²) in [5, 5.41) is 1.01. The Morgan fingerprint density at radius 3 is 2.50 bits per heavy atom. The number of amides is 1. The number of carbonyl (C=O) groups is 1. The lowest BCUT2D eigenvalue weighted by Gasteiger charge is -2.24. The number of nitrogens with zero attached hydrogens (tertiary/aromatic N) is 2. The van der Waals surface area contributed by atoms with Gasteiger partial charge in [-0.25, -0.2) is 9.78 Å². The molecule has 0 saturated carbocycles. The number of carbonyl (C=O) groups excluding carboxylic acids is 1. The molecule has 0 radical (unpaired) electrons. The SMILES string of the molecule is CON(C(=O)OC(C)(C)C)c1ccccn1. The highest BCUT2D eigenvalue weighted by molar-refractivity contribution is 5.84. The molecule has 0 aliphatic heterocycles. The Labute approximate surface area is 94.9 Å². The van der Waals surface area contributed by atoms with Crippen LogP contribution in [0, 0.1) is 0 Å². The summed E-state index contributed by atoms with van der Waals surface area (Å²) in [5.41, 5.74) is -0.567. The summed E-state index contributed by atoms with van der Waals surface area (Å²) in [7, 11) is 1.39. The number of hydrogen-bond acceptors (Lipinski definition) is 4. The Kier molecular flexibility index (Phi) is 3.84. The van der Waals surface area contributed by atoms with Crippen LogP contribution in [0.2, 0.25) is 0 Å². The van der Waals surface area contributed by atoms with Crippen LogP contribution in [0.3, 0.4) is 0 Å². The van der Waals surface area contributed by atoms with Crippen molar-refractivity contribution in [3.8, 4) is 0 Å². The lowest BCUT2D eigenvalue weighted by molar-refractivity contribution is 0.0324. The normalized spacial score (nSPS) is 11.0. The fourth-order valence-corrected chi connectivity index (χ4v) is 1.04. The van der Waals surface area contributed by atoms with Crippen molar-refractivity contribution in [2.75, 3.05) is 12.2 Å². The number of anilines is 1. The van der Waals surface area contributed by atoms with Crippen molar-refractivity contribution >= 4 is 11.9 Å². The third-order valence-electron chi connectivity index (χ3n) is 1.60. The van der Waals surface area contributed by atoms with E-state index in [2.05, 4.69) is 4.98 Å². The first-order chi connectivity index (χ1) is 7.44. The van der Waals surface area contributed by atoms with Crippen LogP contribution in [0.15, 0.2) is 24.4 Å². The molecular weight excluding hydrogens is 208 g/mol. The van der Waals surface area contributed by atoms with Gasteiger partial charge in [0.1, 0.15) is 5.60 Å². The molecule has 0 aliphatic rings. The van der Waals surface area contributed by atoms with Crippen LogP contribution in [-0.2, 0) is 9.57 Å². The monoisotopic (exact) mass is 224 g/mol. The first-order valence-corrected chi connectivity index (χ1v) is 4.92. The minimum Gasteiger partial charge on any atom is -0.442 e. The molecule has 5 heteroatoms. The second kappa shape index (κ2) is 4.94. The fraction of sp³-hybridized carbons (Fsp3) is 0.455. The van der Waals surface area contributed by atoms with Gasteiger partial charge in [0, 0.05) is 6.20 Å². The van der Waals surface area contributed by atoms with Crippen molar-refractivity contribution in [2.24, 2.45) is 0 Å². The van der Waals surface area contributed by atoms with Crippen molar-refractivity contribution in [3.05, 3.63) is 24.4 Å². The second-order valence-corrected chi connectivity index (χ2v) is 4.15. The molecule has 0 fully saturated rings. The van der Waals surface area contributed by atoms with Crippen LogP contribution in [0.4, 0.5) is 10.6 Å². The topological polar surface area (TPSA) is 51.7 Å². The zero-order valence-corrected chi connectivity index (χ0v) is 9.93. The van der Waals surface area contributed by atoms with Gasteiger partial charge in [-0.1, -0.05) is 6.07 Å². The highest BCUT2D eigenvalue weighted by Gasteiger charge is 2.24. The molecule has 1 amide bonds. The predicted molar refractivity (Wildman–Crippen MR) is 60.0 cm³/mol. The molecule has 1 aromatic rings. The minimum absolute atomic E-state index is 0.388. The molecule has 0 unspecified atom stereocenters. The van der Waals surface area contributed by atoms with Gasteiger partial charge in [0.05, 0.1) is 7.11 Å². The molecular formula is C11H16N2O3. The standard InChI is InChI=1S/C11H16N2O3/c1-11(2,3)16-10(14)13(15-4)9-7-5-6-8-12-9/h5-8H,1-4H3. The number of hydrogen-bond donors (Lipinski definition) is 0. The predicted octanol–water partition coefficient (Wildman–Crippen LogP) is 2.38. The molecule has 0 aliphatic carbocycles. The first kappa shape index (κ1) is 12.4. The molecule has 1 aromatic heterocycles. The van der Waals surface area contributed by atoms with E-state index >= 15 is 0 Å². The molecule has 0 N–H and O–H groups in total. The van der Waals surface area contributed by atoms with Gasteiger partial charge in [-0.05, 0) is 32.9 Å². The summed E-state index contributed by atoms with van der Waals surface area (Å²) < 4.78 is 5.17. The summed E-state index contributed by atoms with van der Waals surface area (Å²) in [5.74, 6) is 0.388. The smallest absolute Gasteiger partial charge is 0.440 e. The van der Waals surface area contributed by atoms with Gasteiger partial charge < -0.3 is 4.74 Å². The number of pyridine rings is 1. The Bertz CT molecular complexity index is 346. The van der Waals surface area contributed by atoms with Crippen molar-refractivity contribution in [1.29, 1.82) is 0 Å². The van der Waals surface area contributed by atoms with E-state index < -0.39 is 11.7 Å². The van der Waals surface area contributed by atoms with E-state index in [1.165, 1.54) is 7.11 Å². The Morgan fingerprint density at radius 2 is 2.06 bits per heavy atom. The quantitative estimate of drug-likeness (QED) is 0.724. The zero-order chi connectivity index (χ0) is 12.2. The van der Waals surface area contributed by atoms with E-state index in [-0.39, 0.29) is 0 Å². The van der Waals surface area contributed by atoms with Gasteiger partial charge in [0.2, 0.25) is 0 Å². The molecule has 5 nitrogen and oxygen atoms in total. The number of ether oxygens (including phenoxy) is 1. The Hall–Kier alpha value is -1.62. The maximum absolute atomic E-state index is 11.7. The largest absolute Gasteiger partial charge is 0.442 e. The summed E-state index contributed by atoms with van der Waals surface area (Å²) in [6.07, 6.45) is 0.986. The summed E-state index contributed by atoms with van der Waals surface area (Å²) in [6.45, 7) is 5.37. The van der Waals surface area contributed by atoms with Gasteiger partial charge in [0.25, 0.3) is 0 Å². The Balaban J connectivity index is 2.80. The van der Waals surface area contributed by atoms with Crippen molar-refractivity contribution in [3.63, 3.8) is 0 Å². The van der Waals surface area contributed by atoms with E-state index in [0.29, 0.717) is 5.82 Å². The third kappa shape index (κ3) is 3.51. The van der Waals surface area contributed by atoms with Crippen LogP contribution in [0.5, 0.6) is 0 Å². The van der Waals surface area contributed by atoms with Crippen LogP contribution >= 0.6 is 0 Å².